The van der Waals surface area contributed by atoms with Gasteiger partial charge < -0.3 is 10.0 Å². The molecule has 3 nitrogen and oxygen atoms in total. The smallest absolute Gasteiger partial charge is 0.328 e. The van der Waals surface area contributed by atoms with E-state index in [2.05, 4.69) is 4.90 Å². The van der Waals surface area contributed by atoms with Crippen molar-refractivity contribution in [2.75, 3.05) is 11.9 Å². The second kappa shape index (κ2) is 6.95. The first kappa shape index (κ1) is 15.1. The fraction of sp³-hybridized carbons (Fsp3) is 0.118. The highest BCUT2D eigenvalue weighted by Gasteiger charge is 2.04. The standard InChI is InChI=1S/C17H16ClNO2/c1-19(12-14-4-2-3-5-16(14)18)15-9-6-13(7-10-15)8-11-17(20)21/h2-11H,12H2,1H3,(H,20,21). The van der Waals surface area contributed by atoms with Crippen LogP contribution in [0.1, 0.15) is 11.1 Å². The molecule has 4 heteroatoms. The molecule has 0 radical (unpaired) electrons. The molecule has 0 atom stereocenters. The lowest BCUT2D eigenvalue weighted by Crippen LogP contribution is -2.16. The molecule has 2 rings (SSSR count). The summed E-state index contributed by atoms with van der Waals surface area (Å²) in [5, 5.41) is 9.36. The first-order valence-electron chi connectivity index (χ1n) is 6.52. The summed E-state index contributed by atoms with van der Waals surface area (Å²) in [6, 6.07) is 15.4. The molecule has 0 aliphatic rings. The van der Waals surface area contributed by atoms with Gasteiger partial charge in [0.05, 0.1) is 0 Å². The van der Waals surface area contributed by atoms with E-state index < -0.39 is 5.97 Å². The molecular formula is C17H16ClNO2. The number of carboxylic acids is 1. The summed E-state index contributed by atoms with van der Waals surface area (Å²) in [5.41, 5.74) is 2.96. The van der Waals surface area contributed by atoms with Gasteiger partial charge in [0.1, 0.15) is 0 Å². The summed E-state index contributed by atoms with van der Waals surface area (Å²) in [5.74, 6) is -0.949. The number of hydrogen-bond donors (Lipinski definition) is 1. The molecule has 2 aromatic carbocycles. The molecule has 0 saturated heterocycles. The Morgan fingerprint density at radius 3 is 2.48 bits per heavy atom. The minimum Gasteiger partial charge on any atom is -0.478 e. The first-order valence-corrected chi connectivity index (χ1v) is 6.89. The molecule has 21 heavy (non-hydrogen) atoms. The zero-order valence-corrected chi connectivity index (χ0v) is 12.4. The summed E-state index contributed by atoms with van der Waals surface area (Å²) >= 11 is 6.16. The molecular weight excluding hydrogens is 286 g/mol. The Morgan fingerprint density at radius 2 is 1.86 bits per heavy atom. The predicted octanol–water partition coefficient (Wildman–Crippen LogP) is 4.07. The molecule has 0 fully saturated rings. The van der Waals surface area contributed by atoms with Crippen molar-refractivity contribution in [2.45, 2.75) is 6.54 Å². The molecule has 0 heterocycles. The fourth-order valence-corrected chi connectivity index (χ4v) is 2.18. The maximum atomic E-state index is 10.5. The van der Waals surface area contributed by atoms with Gasteiger partial charge in [0, 0.05) is 30.4 Å². The van der Waals surface area contributed by atoms with Crippen molar-refractivity contribution >= 4 is 29.3 Å². The van der Waals surface area contributed by atoms with Gasteiger partial charge in [-0.15, -0.1) is 0 Å². The molecule has 0 aromatic heterocycles. The second-order valence-electron chi connectivity index (χ2n) is 4.71. The fourth-order valence-electron chi connectivity index (χ4n) is 1.98. The minimum atomic E-state index is -0.949. The van der Waals surface area contributed by atoms with E-state index in [0.717, 1.165) is 27.9 Å². The van der Waals surface area contributed by atoms with E-state index in [0.29, 0.717) is 6.54 Å². The van der Waals surface area contributed by atoms with Crippen molar-refractivity contribution in [3.8, 4) is 0 Å². The van der Waals surface area contributed by atoms with E-state index >= 15 is 0 Å². The highest BCUT2D eigenvalue weighted by atomic mass is 35.5. The maximum Gasteiger partial charge on any atom is 0.328 e. The quantitative estimate of drug-likeness (QED) is 0.846. The van der Waals surface area contributed by atoms with E-state index in [9.17, 15) is 4.79 Å². The van der Waals surface area contributed by atoms with Crippen LogP contribution < -0.4 is 4.90 Å². The van der Waals surface area contributed by atoms with Crippen molar-refractivity contribution < 1.29 is 9.90 Å². The molecule has 0 saturated carbocycles. The lowest BCUT2D eigenvalue weighted by molar-refractivity contribution is -0.131. The van der Waals surface area contributed by atoms with Gasteiger partial charge in [-0.2, -0.15) is 0 Å². The average Bonchev–Trinajstić information content (AvgIpc) is 2.48. The Balaban J connectivity index is 2.08. The van der Waals surface area contributed by atoms with Crippen LogP contribution in [0.25, 0.3) is 6.08 Å². The van der Waals surface area contributed by atoms with Crippen molar-refractivity contribution in [1.29, 1.82) is 0 Å². The number of carbonyl (C=O) groups is 1. The van der Waals surface area contributed by atoms with Gasteiger partial charge in [-0.3, -0.25) is 0 Å². The number of carboxylic acid groups (broad SMARTS) is 1. The summed E-state index contributed by atoms with van der Waals surface area (Å²) in [6.45, 7) is 0.712. The zero-order valence-electron chi connectivity index (χ0n) is 11.7. The van der Waals surface area contributed by atoms with Gasteiger partial charge in [-0.1, -0.05) is 41.9 Å². The summed E-state index contributed by atoms with van der Waals surface area (Å²) in [6.07, 6.45) is 2.70. The molecule has 0 spiro atoms. The van der Waals surface area contributed by atoms with E-state index in [1.54, 1.807) is 6.08 Å². The molecule has 1 N–H and O–H groups in total. The Bertz CT molecular complexity index is 650. The van der Waals surface area contributed by atoms with Gasteiger partial charge in [-0.25, -0.2) is 4.79 Å². The van der Waals surface area contributed by atoms with Crippen molar-refractivity contribution in [2.24, 2.45) is 0 Å². The van der Waals surface area contributed by atoms with E-state index in [-0.39, 0.29) is 0 Å². The van der Waals surface area contributed by atoms with Crippen LogP contribution in [0.3, 0.4) is 0 Å². The van der Waals surface area contributed by atoms with Gasteiger partial charge >= 0.3 is 5.97 Å². The number of anilines is 1. The Labute approximate surface area is 129 Å². The molecule has 0 amide bonds. The lowest BCUT2D eigenvalue weighted by Gasteiger charge is -2.20. The third kappa shape index (κ3) is 4.36. The van der Waals surface area contributed by atoms with Crippen molar-refractivity contribution in [3.63, 3.8) is 0 Å². The number of aliphatic carboxylic acids is 1. The highest BCUT2D eigenvalue weighted by Crippen LogP contribution is 2.21. The van der Waals surface area contributed by atoms with Crippen molar-refractivity contribution in [3.05, 3.63) is 70.8 Å². The normalized spacial score (nSPS) is 10.8. The van der Waals surface area contributed by atoms with Crippen LogP contribution in [0.2, 0.25) is 5.02 Å². The molecule has 108 valence electrons. The lowest BCUT2D eigenvalue weighted by atomic mass is 10.1. The summed E-state index contributed by atoms with van der Waals surface area (Å²) < 4.78 is 0. The third-order valence-electron chi connectivity index (χ3n) is 3.12. The third-order valence-corrected chi connectivity index (χ3v) is 3.49. The second-order valence-corrected chi connectivity index (χ2v) is 5.12. The zero-order chi connectivity index (χ0) is 15.2. The molecule has 2 aromatic rings. The van der Waals surface area contributed by atoms with Crippen LogP contribution in [-0.2, 0) is 11.3 Å². The van der Waals surface area contributed by atoms with Crippen LogP contribution in [-0.4, -0.2) is 18.1 Å². The number of rotatable bonds is 5. The highest BCUT2D eigenvalue weighted by molar-refractivity contribution is 6.31. The van der Waals surface area contributed by atoms with Crippen LogP contribution in [0.15, 0.2) is 54.6 Å². The van der Waals surface area contributed by atoms with Gasteiger partial charge in [0.15, 0.2) is 0 Å². The predicted molar refractivity (Wildman–Crippen MR) is 86.7 cm³/mol. The molecule has 0 bridgehead atoms. The number of halogens is 1. The number of nitrogens with zero attached hydrogens (tertiary/aromatic N) is 1. The van der Waals surface area contributed by atoms with Gasteiger partial charge in [0.2, 0.25) is 0 Å². The number of benzene rings is 2. The van der Waals surface area contributed by atoms with Crippen molar-refractivity contribution in [1.82, 2.24) is 0 Å². The topological polar surface area (TPSA) is 40.5 Å². The summed E-state index contributed by atoms with van der Waals surface area (Å²) in [7, 11) is 1.99. The largest absolute Gasteiger partial charge is 0.478 e. The minimum absolute atomic E-state index is 0.712. The van der Waals surface area contributed by atoms with Crippen LogP contribution in [0.4, 0.5) is 5.69 Å². The Kier molecular flexibility index (Phi) is 5.01. The van der Waals surface area contributed by atoms with E-state index in [1.165, 1.54) is 0 Å². The Hall–Kier alpha value is -2.26. The molecule has 0 unspecified atom stereocenters. The van der Waals surface area contributed by atoms with Crippen LogP contribution >= 0.6 is 11.6 Å². The molecule has 0 aliphatic carbocycles. The first-order chi connectivity index (χ1) is 10.1. The number of hydrogen-bond acceptors (Lipinski definition) is 2. The maximum absolute atomic E-state index is 10.5. The summed E-state index contributed by atoms with van der Waals surface area (Å²) in [4.78, 5) is 12.6. The van der Waals surface area contributed by atoms with E-state index in [4.69, 9.17) is 16.7 Å². The molecule has 0 aliphatic heterocycles. The average molecular weight is 302 g/mol. The van der Waals surface area contributed by atoms with Gasteiger partial charge in [0.25, 0.3) is 0 Å². The SMILES string of the molecule is CN(Cc1ccccc1Cl)c1ccc(C=CC(=O)O)cc1. The van der Waals surface area contributed by atoms with Crippen LogP contribution in [0, 0.1) is 0 Å². The Morgan fingerprint density at radius 1 is 1.19 bits per heavy atom. The van der Waals surface area contributed by atoms with Crippen LogP contribution in [0.5, 0.6) is 0 Å². The monoisotopic (exact) mass is 301 g/mol. The van der Waals surface area contributed by atoms with E-state index in [1.807, 2.05) is 55.6 Å². The van der Waals surface area contributed by atoms with Gasteiger partial charge in [-0.05, 0) is 35.4 Å².